The van der Waals surface area contributed by atoms with E-state index in [2.05, 4.69) is 24.3 Å². The molecule has 7 nitrogen and oxygen atoms in total. The first-order valence-electron chi connectivity index (χ1n) is 6.63. The quantitative estimate of drug-likeness (QED) is 0.642. The molecule has 0 saturated heterocycles. The minimum absolute atomic E-state index is 0.000594. The van der Waals surface area contributed by atoms with Gasteiger partial charge in [-0.05, 0) is 24.8 Å². The Labute approximate surface area is 118 Å². The predicted molar refractivity (Wildman–Crippen MR) is 76.7 cm³/mol. The molecule has 0 unspecified atom stereocenters. The van der Waals surface area contributed by atoms with Gasteiger partial charge in [-0.2, -0.15) is 5.10 Å². The highest BCUT2D eigenvalue weighted by Crippen LogP contribution is 2.26. The molecule has 1 heterocycles. The Morgan fingerprint density at radius 3 is 2.70 bits per heavy atom. The number of aromatic nitrogens is 2. The normalized spacial score (nSPS) is 11.3. The molecule has 0 fully saturated rings. The second-order valence-electron chi connectivity index (χ2n) is 5.64. The fraction of sp³-hybridized carbons (Fsp3) is 0.615. The van der Waals surface area contributed by atoms with Crippen LogP contribution in [-0.4, -0.2) is 28.1 Å². The van der Waals surface area contributed by atoms with E-state index in [0.717, 1.165) is 12.8 Å². The van der Waals surface area contributed by atoms with Gasteiger partial charge in [-0.1, -0.05) is 13.8 Å². The number of nitrogens with zero attached hydrogens (tertiary/aromatic N) is 2. The minimum atomic E-state index is -0.477. The molecule has 1 aromatic rings. The lowest BCUT2D eigenvalue weighted by Crippen LogP contribution is -2.20. The number of nitrogens with two attached hydrogens (primary N) is 2. The lowest BCUT2D eigenvalue weighted by molar-refractivity contribution is -0.119. The number of anilines is 1. The van der Waals surface area contributed by atoms with Crippen LogP contribution in [0.2, 0.25) is 0 Å². The summed E-state index contributed by atoms with van der Waals surface area (Å²) >= 11 is 0. The number of amides is 2. The molecular formula is C13H23N5O2. The number of carbonyl (C=O) groups is 2. The van der Waals surface area contributed by atoms with Crippen molar-refractivity contribution in [2.45, 2.75) is 39.7 Å². The molecule has 1 aromatic heterocycles. The van der Waals surface area contributed by atoms with Crippen molar-refractivity contribution in [2.75, 3.05) is 11.9 Å². The Kier molecular flexibility index (Phi) is 5.69. The molecule has 0 atom stereocenters. The second kappa shape index (κ2) is 7.04. The SMILES string of the molecule is CC(C)(CCN)CCC(=O)Nc1cnn(CC(N)=O)c1. The summed E-state index contributed by atoms with van der Waals surface area (Å²) in [4.78, 5) is 22.6. The van der Waals surface area contributed by atoms with Crippen LogP contribution in [0.25, 0.3) is 0 Å². The van der Waals surface area contributed by atoms with Crippen LogP contribution in [0.1, 0.15) is 33.1 Å². The molecule has 0 aliphatic heterocycles. The van der Waals surface area contributed by atoms with E-state index in [-0.39, 0.29) is 17.9 Å². The third kappa shape index (κ3) is 5.83. The van der Waals surface area contributed by atoms with Crippen LogP contribution in [0.5, 0.6) is 0 Å². The first-order valence-corrected chi connectivity index (χ1v) is 6.63. The van der Waals surface area contributed by atoms with Crippen LogP contribution in [-0.2, 0) is 16.1 Å². The molecule has 20 heavy (non-hydrogen) atoms. The van der Waals surface area contributed by atoms with Crippen molar-refractivity contribution in [3.63, 3.8) is 0 Å². The molecule has 7 heteroatoms. The van der Waals surface area contributed by atoms with Crippen LogP contribution in [0.15, 0.2) is 12.4 Å². The van der Waals surface area contributed by atoms with Gasteiger partial charge in [0, 0.05) is 12.6 Å². The molecule has 5 N–H and O–H groups in total. The number of hydrogen-bond acceptors (Lipinski definition) is 4. The van der Waals surface area contributed by atoms with Crippen molar-refractivity contribution < 1.29 is 9.59 Å². The van der Waals surface area contributed by atoms with Gasteiger partial charge in [0.05, 0.1) is 11.9 Å². The van der Waals surface area contributed by atoms with Crippen LogP contribution in [0.4, 0.5) is 5.69 Å². The van der Waals surface area contributed by atoms with E-state index < -0.39 is 5.91 Å². The predicted octanol–water partition coefficient (Wildman–Crippen LogP) is 0.462. The Morgan fingerprint density at radius 2 is 2.10 bits per heavy atom. The topological polar surface area (TPSA) is 116 Å². The average Bonchev–Trinajstić information content (AvgIpc) is 2.73. The monoisotopic (exact) mass is 281 g/mol. The highest BCUT2D eigenvalue weighted by Gasteiger charge is 2.18. The Balaban J connectivity index is 2.42. The lowest BCUT2D eigenvalue weighted by atomic mass is 9.84. The first-order chi connectivity index (χ1) is 9.32. The zero-order valence-corrected chi connectivity index (χ0v) is 12.1. The standard InChI is InChI=1S/C13H23N5O2/c1-13(2,5-6-14)4-3-12(20)17-10-7-16-18(8-10)9-11(15)19/h7-8H,3-6,9,14H2,1-2H3,(H2,15,19)(H,17,20). The van der Waals surface area contributed by atoms with Gasteiger partial charge in [-0.25, -0.2) is 0 Å². The molecule has 0 radical (unpaired) electrons. The molecule has 0 aromatic carbocycles. The van der Waals surface area contributed by atoms with E-state index in [1.165, 1.54) is 10.9 Å². The fourth-order valence-electron chi connectivity index (χ4n) is 1.87. The molecular weight excluding hydrogens is 258 g/mol. The smallest absolute Gasteiger partial charge is 0.239 e. The molecule has 112 valence electrons. The summed E-state index contributed by atoms with van der Waals surface area (Å²) in [5.41, 5.74) is 11.2. The number of rotatable bonds is 8. The van der Waals surface area contributed by atoms with E-state index in [1.54, 1.807) is 6.20 Å². The third-order valence-corrected chi connectivity index (χ3v) is 3.08. The van der Waals surface area contributed by atoms with Crippen molar-refractivity contribution in [3.05, 3.63) is 12.4 Å². The summed E-state index contributed by atoms with van der Waals surface area (Å²) in [5.74, 6) is -0.553. The van der Waals surface area contributed by atoms with Crippen molar-refractivity contribution in [1.29, 1.82) is 0 Å². The molecule has 2 amide bonds. The minimum Gasteiger partial charge on any atom is -0.368 e. The molecule has 0 bridgehead atoms. The molecule has 0 aliphatic carbocycles. The van der Waals surface area contributed by atoms with Crippen LogP contribution in [0.3, 0.4) is 0 Å². The summed E-state index contributed by atoms with van der Waals surface area (Å²) in [6.45, 7) is 4.81. The zero-order valence-electron chi connectivity index (χ0n) is 12.1. The van der Waals surface area contributed by atoms with Gasteiger partial charge in [0.1, 0.15) is 6.54 Å². The van der Waals surface area contributed by atoms with Crippen molar-refractivity contribution in [1.82, 2.24) is 9.78 Å². The molecule has 0 spiro atoms. The summed E-state index contributed by atoms with van der Waals surface area (Å²) in [5, 5.41) is 6.68. The highest BCUT2D eigenvalue weighted by atomic mass is 16.2. The van der Waals surface area contributed by atoms with E-state index in [4.69, 9.17) is 11.5 Å². The van der Waals surface area contributed by atoms with Gasteiger partial charge >= 0.3 is 0 Å². The third-order valence-electron chi connectivity index (χ3n) is 3.08. The summed E-state index contributed by atoms with van der Waals surface area (Å²) in [6.07, 6.45) is 5.15. The second-order valence-corrected chi connectivity index (χ2v) is 5.64. The van der Waals surface area contributed by atoms with Crippen molar-refractivity contribution >= 4 is 17.5 Å². The van der Waals surface area contributed by atoms with E-state index in [0.29, 0.717) is 18.7 Å². The summed E-state index contributed by atoms with van der Waals surface area (Å²) in [7, 11) is 0. The molecule has 0 aliphatic rings. The van der Waals surface area contributed by atoms with Gasteiger partial charge in [-0.3, -0.25) is 14.3 Å². The summed E-state index contributed by atoms with van der Waals surface area (Å²) in [6, 6.07) is 0. The molecule has 0 saturated carbocycles. The van der Waals surface area contributed by atoms with Crippen molar-refractivity contribution in [3.8, 4) is 0 Å². The fourth-order valence-corrected chi connectivity index (χ4v) is 1.87. The van der Waals surface area contributed by atoms with E-state index in [1.807, 2.05) is 0 Å². The lowest BCUT2D eigenvalue weighted by Gasteiger charge is -2.23. The first kappa shape index (κ1) is 16.2. The van der Waals surface area contributed by atoms with Crippen LogP contribution in [0, 0.1) is 5.41 Å². The maximum Gasteiger partial charge on any atom is 0.239 e. The van der Waals surface area contributed by atoms with Gasteiger partial charge in [0.25, 0.3) is 0 Å². The summed E-state index contributed by atoms with van der Waals surface area (Å²) < 4.78 is 1.39. The van der Waals surface area contributed by atoms with Gasteiger partial charge in [0.15, 0.2) is 0 Å². The largest absolute Gasteiger partial charge is 0.368 e. The highest BCUT2D eigenvalue weighted by molar-refractivity contribution is 5.90. The van der Waals surface area contributed by atoms with E-state index in [9.17, 15) is 9.59 Å². The van der Waals surface area contributed by atoms with Gasteiger partial charge in [-0.15, -0.1) is 0 Å². The number of hydrogen-bond donors (Lipinski definition) is 3. The van der Waals surface area contributed by atoms with Gasteiger partial charge < -0.3 is 16.8 Å². The van der Waals surface area contributed by atoms with E-state index >= 15 is 0 Å². The number of carbonyl (C=O) groups excluding carboxylic acids is 2. The maximum absolute atomic E-state index is 11.8. The Morgan fingerprint density at radius 1 is 1.40 bits per heavy atom. The average molecular weight is 281 g/mol. The van der Waals surface area contributed by atoms with Crippen LogP contribution < -0.4 is 16.8 Å². The molecule has 1 rings (SSSR count). The van der Waals surface area contributed by atoms with Crippen molar-refractivity contribution in [2.24, 2.45) is 16.9 Å². The maximum atomic E-state index is 11.8. The Hall–Kier alpha value is -1.89. The Bertz CT molecular complexity index is 467. The van der Waals surface area contributed by atoms with Gasteiger partial charge in [0.2, 0.25) is 11.8 Å². The number of nitrogens with one attached hydrogen (secondary N) is 1. The number of primary amides is 1. The zero-order chi connectivity index (χ0) is 15.2. The van der Waals surface area contributed by atoms with Crippen LogP contribution >= 0.6 is 0 Å².